The van der Waals surface area contributed by atoms with Crippen LogP contribution in [0.15, 0.2) is 0 Å². The van der Waals surface area contributed by atoms with Crippen LogP contribution in [0.4, 0.5) is 0 Å². The molecule has 0 N–H and O–H groups in total. The van der Waals surface area contributed by atoms with Crippen molar-refractivity contribution >= 4 is 0 Å². The van der Waals surface area contributed by atoms with Crippen LogP contribution in [0.3, 0.4) is 0 Å². The minimum absolute atomic E-state index is 0. The number of rotatable bonds is 0. The van der Waals surface area contributed by atoms with Crippen LogP contribution in [-0.4, -0.2) is 20.3 Å². The Morgan fingerprint density at radius 3 is 0.368 bits per heavy atom. The van der Waals surface area contributed by atoms with Crippen LogP contribution >= 0.6 is 0 Å². The Balaban J connectivity index is -0.0000000192. The summed E-state index contributed by atoms with van der Waals surface area (Å²) in [6.07, 6.45) is 0. The minimum atomic E-state index is -1.75. The smallest absolute Gasteiger partial charge is 0.356 e. The van der Waals surface area contributed by atoms with Crippen LogP contribution in [-0.2, 0) is 63.2 Å². The number of nitrogens with zero attached hydrogens (tertiary/aromatic N) is 4. The summed E-state index contributed by atoms with van der Waals surface area (Å²) in [6, 6.07) is 0. The number of hydrogen-bond acceptors (Lipinski definition) is 12. The zero-order valence-corrected chi connectivity index (χ0v) is 14.5. The molecular formula is N4O12Pt3+2. The summed E-state index contributed by atoms with van der Waals surface area (Å²) >= 11 is 0. The molecule has 19 heavy (non-hydrogen) atoms. The topological polar surface area (TPSA) is 265 Å². The second kappa shape index (κ2) is 36.0. The molecule has 0 aromatic heterocycles. The third-order valence-electron chi connectivity index (χ3n) is 0. The van der Waals surface area contributed by atoms with E-state index < -0.39 is 20.3 Å². The van der Waals surface area contributed by atoms with Crippen molar-refractivity contribution in [2.75, 3.05) is 0 Å². The molecule has 0 saturated carbocycles. The van der Waals surface area contributed by atoms with Gasteiger partial charge in [-0.15, -0.1) is 0 Å². The molecule has 0 fully saturated rings. The maximum Gasteiger partial charge on any atom is 2.00 e. The van der Waals surface area contributed by atoms with E-state index in [1.54, 1.807) is 0 Å². The monoisotopic (exact) mass is 833 g/mol. The Morgan fingerprint density at radius 2 is 0.368 bits per heavy atom. The fourth-order valence-corrected chi connectivity index (χ4v) is 0. The fourth-order valence-electron chi connectivity index (χ4n) is 0. The second-order valence-corrected chi connectivity index (χ2v) is 0.894. The van der Waals surface area contributed by atoms with Gasteiger partial charge >= 0.3 is 63.2 Å². The van der Waals surface area contributed by atoms with E-state index in [0.29, 0.717) is 0 Å². The molecule has 0 aliphatic heterocycles. The van der Waals surface area contributed by atoms with E-state index >= 15 is 0 Å². The van der Waals surface area contributed by atoms with Crippen molar-refractivity contribution in [1.82, 2.24) is 0 Å². The van der Waals surface area contributed by atoms with Crippen LogP contribution in [0.25, 0.3) is 0 Å². The van der Waals surface area contributed by atoms with E-state index in [0.717, 1.165) is 0 Å². The first-order valence-electron chi connectivity index (χ1n) is 2.19. The van der Waals surface area contributed by atoms with E-state index in [1.165, 1.54) is 0 Å². The van der Waals surface area contributed by atoms with E-state index in [9.17, 15) is 0 Å². The molecule has 16 nitrogen and oxygen atoms in total. The Bertz CT molecular complexity index is 165. The molecule has 0 unspecified atom stereocenters. The van der Waals surface area contributed by atoms with E-state index in [1.807, 2.05) is 0 Å². The van der Waals surface area contributed by atoms with Gasteiger partial charge in [0.05, 0.1) is 20.3 Å². The SMILES string of the molecule is O=[N+]([O-])[O-].O=[N+]([O-])[O-].O=[N+]([O-])[O-].O=[N+]([O-])[O-].[Pt+2].[Pt+2].[Pt+2]. The summed E-state index contributed by atoms with van der Waals surface area (Å²) in [5, 5.41) is 59.0. The van der Waals surface area contributed by atoms with Crippen molar-refractivity contribution in [3.05, 3.63) is 61.3 Å². The molecule has 0 amide bonds. The first-order chi connectivity index (χ1) is 6.93. The molecule has 0 aromatic rings. The van der Waals surface area contributed by atoms with E-state index in [2.05, 4.69) is 0 Å². The maximum absolute atomic E-state index is 8.25. The summed E-state index contributed by atoms with van der Waals surface area (Å²) in [6.45, 7) is 0. The average Bonchev–Trinajstić information content (AvgIpc) is 1.76. The van der Waals surface area contributed by atoms with Gasteiger partial charge in [0.15, 0.2) is 0 Å². The molecule has 0 aromatic carbocycles. The summed E-state index contributed by atoms with van der Waals surface area (Å²) < 4.78 is 0. The third-order valence-corrected chi connectivity index (χ3v) is 0. The second-order valence-electron chi connectivity index (χ2n) is 0.894. The molecule has 0 bridgehead atoms. The molecule has 0 saturated heterocycles. The largest absolute Gasteiger partial charge is 2.00 e. The van der Waals surface area contributed by atoms with Crippen LogP contribution in [0.1, 0.15) is 0 Å². The predicted molar refractivity (Wildman–Crippen MR) is 41.4 cm³/mol. The summed E-state index contributed by atoms with van der Waals surface area (Å²) in [4.78, 5) is 33.0. The van der Waals surface area contributed by atoms with Crippen molar-refractivity contribution < 1.29 is 83.5 Å². The van der Waals surface area contributed by atoms with Crippen molar-refractivity contribution in [2.45, 2.75) is 0 Å². The molecule has 120 valence electrons. The summed E-state index contributed by atoms with van der Waals surface area (Å²) in [7, 11) is 0. The van der Waals surface area contributed by atoms with Gasteiger partial charge in [-0.3, -0.25) is 0 Å². The molecular weight excluding hydrogens is 833 g/mol. The predicted octanol–water partition coefficient (Wildman–Crippen LogP) is -0.964. The van der Waals surface area contributed by atoms with Gasteiger partial charge in [-0.25, -0.2) is 0 Å². The summed E-state index contributed by atoms with van der Waals surface area (Å²) in [5.41, 5.74) is 0. The molecule has 0 radical (unpaired) electrons. The van der Waals surface area contributed by atoms with Crippen molar-refractivity contribution in [2.24, 2.45) is 0 Å². The zero-order chi connectivity index (χ0) is 14.3. The van der Waals surface area contributed by atoms with Crippen LogP contribution < -0.4 is 0 Å². The van der Waals surface area contributed by atoms with Crippen molar-refractivity contribution in [3.63, 3.8) is 0 Å². The number of hydrogen-bond donors (Lipinski definition) is 0. The Hall–Kier alpha value is -1.14. The van der Waals surface area contributed by atoms with Gasteiger partial charge in [-0.05, 0) is 0 Å². The first-order valence-corrected chi connectivity index (χ1v) is 2.19. The van der Waals surface area contributed by atoms with Gasteiger partial charge in [0, 0.05) is 0 Å². The fraction of sp³-hybridized carbons (Fsp3) is 0. The van der Waals surface area contributed by atoms with Gasteiger partial charge in [-0.1, -0.05) is 0 Å². The molecule has 0 aliphatic carbocycles. The van der Waals surface area contributed by atoms with Gasteiger partial charge < -0.3 is 61.3 Å². The van der Waals surface area contributed by atoms with Gasteiger partial charge in [0.2, 0.25) is 0 Å². The Labute approximate surface area is 144 Å². The van der Waals surface area contributed by atoms with Gasteiger partial charge in [0.25, 0.3) is 0 Å². The molecule has 0 spiro atoms. The van der Waals surface area contributed by atoms with E-state index in [-0.39, 0.29) is 63.2 Å². The zero-order valence-electron chi connectivity index (χ0n) is 7.64. The van der Waals surface area contributed by atoms with Crippen molar-refractivity contribution in [1.29, 1.82) is 0 Å². The Kier molecular flexibility index (Phi) is 81.5. The molecule has 0 atom stereocenters. The van der Waals surface area contributed by atoms with Crippen LogP contribution in [0, 0.1) is 61.3 Å². The van der Waals surface area contributed by atoms with Crippen LogP contribution in [0.2, 0.25) is 0 Å². The average molecular weight is 833 g/mol. The molecule has 19 heteroatoms. The quantitative estimate of drug-likeness (QED) is 0.211. The molecule has 0 heterocycles. The van der Waals surface area contributed by atoms with E-state index in [4.69, 9.17) is 61.3 Å². The standard InChI is InChI=1S/4NO3.3Pt/c4*2-1(3)4;;;/q4*-1;3*+2. The third kappa shape index (κ3) is 2890. The van der Waals surface area contributed by atoms with Crippen LogP contribution in [0.5, 0.6) is 0 Å². The maximum atomic E-state index is 8.25. The van der Waals surface area contributed by atoms with Gasteiger partial charge in [-0.2, -0.15) is 0 Å². The minimum Gasteiger partial charge on any atom is -0.356 e. The summed E-state index contributed by atoms with van der Waals surface area (Å²) in [5.74, 6) is 0. The molecule has 0 aliphatic rings. The normalized spacial score (nSPS) is 5.05. The first kappa shape index (κ1) is 43.0. The van der Waals surface area contributed by atoms with Gasteiger partial charge in [0.1, 0.15) is 0 Å². The molecule has 0 rings (SSSR count). The Morgan fingerprint density at radius 1 is 0.368 bits per heavy atom. The van der Waals surface area contributed by atoms with Crippen molar-refractivity contribution in [3.8, 4) is 0 Å².